The second kappa shape index (κ2) is 9.07. The van der Waals surface area contributed by atoms with E-state index in [1.807, 2.05) is 19.1 Å². The molecule has 0 spiro atoms. The van der Waals surface area contributed by atoms with Crippen molar-refractivity contribution < 1.29 is 13.2 Å². The molecule has 32 heavy (non-hydrogen) atoms. The Morgan fingerprint density at radius 3 is 2.28 bits per heavy atom. The molecule has 0 radical (unpaired) electrons. The van der Waals surface area contributed by atoms with Crippen LogP contribution in [0.2, 0.25) is 5.02 Å². The van der Waals surface area contributed by atoms with Crippen molar-refractivity contribution in [1.29, 1.82) is 0 Å². The Morgan fingerprint density at radius 2 is 1.62 bits per heavy atom. The molecule has 10 heteroatoms. The maximum atomic E-state index is 12.6. The molecule has 2 heterocycles. The lowest BCUT2D eigenvalue weighted by Gasteiger charge is -2.08. The van der Waals surface area contributed by atoms with Crippen molar-refractivity contribution in [2.45, 2.75) is 11.8 Å². The number of benzene rings is 2. The number of nitrogens with one attached hydrogen (secondary N) is 2. The number of rotatable bonds is 6. The molecule has 2 N–H and O–H groups in total. The van der Waals surface area contributed by atoms with Gasteiger partial charge in [-0.15, -0.1) is 11.3 Å². The van der Waals surface area contributed by atoms with Gasteiger partial charge in [-0.05, 0) is 55.5 Å². The van der Waals surface area contributed by atoms with Crippen molar-refractivity contribution in [1.82, 2.24) is 9.97 Å². The Labute approximate surface area is 194 Å². The Balaban J connectivity index is 1.48. The fraction of sp³-hybridized carbons (Fsp3) is 0.0455. The number of hydrogen-bond donors (Lipinski definition) is 2. The minimum absolute atomic E-state index is 0.0426. The fourth-order valence-corrected chi connectivity index (χ4v) is 4.93. The molecule has 7 nitrogen and oxygen atoms in total. The number of anilines is 2. The van der Waals surface area contributed by atoms with Crippen LogP contribution in [0.15, 0.2) is 78.0 Å². The average molecular weight is 485 g/mol. The Bertz CT molecular complexity index is 1350. The van der Waals surface area contributed by atoms with Gasteiger partial charge in [-0.2, -0.15) is 0 Å². The molecule has 0 aliphatic heterocycles. The van der Waals surface area contributed by atoms with Crippen LogP contribution >= 0.6 is 22.9 Å². The van der Waals surface area contributed by atoms with Crippen molar-refractivity contribution in [3.8, 4) is 11.3 Å². The SMILES string of the molecule is Cc1sc(NC(=O)c2ccc(S(=O)(=O)Nc3ccncc3)cc2)nc1-c1ccc(Cl)cc1. The van der Waals surface area contributed by atoms with Gasteiger partial charge in [0, 0.05) is 33.4 Å². The van der Waals surface area contributed by atoms with E-state index >= 15 is 0 Å². The Kier molecular flexibility index (Phi) is 6.22. The zero-order valence-electron chi connectivity index (χ0n) is 16.7. The molecule has 0 saturated heterocycles. The minimum Gasteiger partial charge on any atom is -0.298 e. The first kappa shape index (κ1) is 21.9. The number of aryl methyl sites for hydroxylation is 1. The highest BCUT2D eigenvalue weighted by molar-refractivity contribution is 7.92. The summed E-state index contributed by atoms with van der Waals surface area (Å²) in [7, 11) is -3.78. The van der Waals surface area contributed by atoms with E-state index in [4.69, 9.17) is 11.6 Å². The number of sulfonamides is 1. The maximum Gasteiger partial charge on any atom is 0.261 e. The summed E-state index contributed by atoms with van der Waals surface area (Å²) in [6.07, 6.45) is 2.98. The molecule has 162 valence electrons. The quantitative estimate of drug-likeness (QED) is 0.390. The van der Waals surface area contributed by atoms with Crippen LogP contribution < -0.4 is 10.0 Å². The van der Waals surface area contributed by atoms with Gasteiger partial charge in [0.1, 0.15) is 0 Å². The predicted molar refractivity (Wildman–Crippen MR) is 127 cm³/mol. The first-order valence-electron chi connectivity index (χ1n) is 9.39. The molecule has 0 aliphatic carbocycles. The highest BCUT2D eigenvalue weighted by Crippen LogP contribution is 2.31. The second-order valence-corrected chi connectivity index (χ2v) is 10.1. The van der Waals surface area contributed by atoms with Crippen molar-refractivity contribution in [2.75, 3.05) is 10.0 Å². The number of nitrogens with zero attached hydrogens (tertiary/aromatic N) is 2. The highest BCUT2D eigenvalue weighted by atomic mass is 35.5. The van der Waals surface area contributed by atoms with Gasteiger partial charge in [0.05, 0.1) is 16.3 Å². The van der Waals surface area contributed by atoms with Gasteiger partial charge in [0.2, 0.25) is 0 Å². The molecule has 0 unspecified atom stereocenters. The monoisotopic (exact) mass is 484 g/mol. The van der Waals surface area contributed by atoms with Crippen molar-refractivity contribution in [3.05, 3.63) is 88.5 Å². The lowest BCUT2D eigenvalue weighted by atomic mass is 10.1. The minimum atomic E-state index is -3.78. The fourth-order valence-electron chi connectivity index (χ4n) is 2.91. The van der Waals surface area contributed by atoms with Crippen LogP contribution in [0, 0.1) is 6.92 Å². The van der Waals surface area contributed by atoms with Crippen LogP contribution in [0.5, 0.6) is 0 Å². The van der Waals surface area contributed by atoms with Gasteiger partial charge in [0.15, 0.2) is 5.13 Å². The number of thiazole rings is 1. The van der Waals surface area contributed by atoms with Gasteiger partial charge < -0.3 is 0 Å². The third-order valence-electron chi connectivity index (χ3n) is 4.49. The van der Waals surface area contributed by atoms with E-state index < -0.39 is 10.0 Å². The van der Waals surface area contributed by atoms with Crippen LogP contribution in [0.25, 0.3) is 11.3 Å². The van der Waals surface area contributed by atoms with Crippen LogP contribution in [0.3, 0.4) is 0 Å². The van der Waals surface area contributed by atoms with Crippen molar-refractivity contribution >= 4 is 49.7 Å². The highest BCUT2D eigenvalue weighted by Gasteiger charge is 2.17. The molecular formula is C22H17ClN4O3S2. The van der Waals surface area contributed by atoms with Gasteiger partial charge in [-0.1, -0.05) is 23.7 Å². The predicted octanol–water partition coefficient (Wildman–Crippen LogP) is 5.22. The standard InChI is InChI=1S/C22H17ClN4O3S2/c1-14-20(15-2-6-17(23)7-3-15)25-22(31-14)26-21(28)16-4-8-19(9-5-16)32(29,30)27-18-10-12-24-13-11-18/h2-13H,1H3,(H,24,27)(H,25,26,28). The van der Waals surface area contributed by atoms with E-state index in [1.165, 1.54) is 48.0 Å². The smallest absolute Gasteiger partial charge is 0.261 e. The molecule has 0 aliphatic rings. The molecule has 0 saturated carbocycles. The van der Waals surface area contributed by atoms with Crippen LogP contribution in [-0.4, -0.2) is 24.3 Å². The molecule has 2 aromatic heterocycles. The molecule has 1 amide bonds. The summed E-state index contributed by atoms with van der Waals surface area (Å²) in [6.45, 7) is 1.92. The van der Waals surface area contributed by atoms with Gasteiger partial charge in [0.25, 0.3) is 15.9 Å². The zero-order valence-corrected chi connectivity index (χ0v) is 19.1. The maximum absolute atomic E-state index is 12.6. The number of pyridine rings is 1. The summed E-state index contributed by atoms with van der Waals surface area (Å²) < 4.78 is 27.5. The number of carbonyl (C=O) groups excluding carboxylic acids is 1. The molecule has 4 rings (SSSR count). The van der Waals surface area contributed by atoms with Crippen molar-refractivity contribution in [2.24, 2.45) is 0 Å². The second-order valence-electron chi connectivity index (χ2n) is 6.75. The zero-order chi connectivity index (χ0) is 22.7. The normalized spacial score (nSPS) is 11.2. The van der Waals surface area contributed by atoms with Gasteiger partial charge in [-0.3, -0.25) is 19.8 Å². The number of aromatic nitrogens is 2. The van der Waals surface area contributed by atoms with Crippen molar-refractivity contribution in [3.63, 3.8) is 0 Å². The lowest BCUT2D eigenvalue weighted by molar-refractivity contribution is 0.102. The Morgan fingerprint density at radius 1 is 0.969 bits per heavy atom. The molecule has 0 fully saturated rings. The van der Waals surface area contributed by atoms with Crippen LogP contribution in [-0.2, 0) is 10.0 Å². The summed E-state index contributed by atoms with van der Waals surface area (Å²) in [5.41, 5.74) is 2.39. The summed E-state index contributed by atoms with van der Waals surface area (Å²) in [4.78, 5) is 22.0. The third-order valence-corrected chi connectivity index (χ3v) is 7.03. The number of halogens is 1. The topological polar surface area (TPSA) is 101 Å². The molecule has 0 atom stereocenters. The largest absolute Gasteiger partial charge is 0.298 e. The van der Waals surface area contributed by atoms with E-state index in [2.05, 4.69) is 20.0 Å². The van der Waals surface area contributed by atoms with E-state index in [0.717, 1.165) is 16.1 Å². The van der Waals surface area contributed by atoms with Gasteiger partial charge in [-0.25, -0.2) is 13.4 Å². The lowest BCUT2D eigenvalue weighted by Crippen LogP contribution is -2.14. The van der Waals surface area contributed by atoms with Crippen LogP contribution in [0.1, 0.15) is 15.2 Å². The Hall–Kier alpha value is -3.27. The summed E-state index contributed by atoms with van der Waals surface area (Å²) in [6, 6.07) is 16.1. The summed E-state index contributed by atoms with van der Waals surface area (Å²) in [5, 5.41) is 3.86. The molecule has 2 aromatic carbocycles. The van der Waals surface area contributed by atoms with E-state index in [1.54, 1.807) is 24.3 Å². The third kappa shape index (κ3) is 4.96. The number of hydrogen-bond acceptors (Lipinski definition) is 6. The summed E-state index contributed by atoms with van der Waals surface area (Å²) >= 11 is 7.30. The van der Waals surface area contributed by atoms with Gasteiger partial charge >= 0.3 is 0 Å². The van der Waals surface area contributed by atoms with Crippen LogP contribution in [0.4, 0.5) is 10.8 Å². The molecule has 4 aromatic rings. The van der Waals surface area contributed by atoms with E-state index in [-0.39, 0.29) is 10.8 Å². The average Bonchev–Trinajstić information content (AvgIpc) is 3.14. The first-order valence-corrected chi connectivity index (χ1v) is 12.1. The summed E-state index contributed by atoms with van der Waals surface area (Å²) in [5.74, 6) is -0.382. The molecular weight excluding hydrogens is 468 g/mol. The van der Waals surface area contributed by atoms with E-state index in [9.17, 15) is 13.2 Å². The van der Waals surface area contributed by atoms with E-state index in [0.29, 0.717) is 21.4 Å². The molecule has 0 bridgehead atoms. The number of carbonyl (C=O) groups is 1. The first-order chi connectivity index (χ1) is 15.3. The number of amides is 1.